The lowest BCUT2D eigenvalue weighted by atomic mass is 9.89. The van der Waals surface area contributed by atoms with E-state index in [0.29, 0.717) is 6.42 Å². The van der Waals surface area contributed by atoms with Gasteiger partial charge in [0.1, 0.15) is 5.54 Å². The second-order valence-electron chi connectivity index (χ2n) is 4.92. The molecule has 1 fully saturated rings. The van der Waals surface area contributed by atoms with E-state index in [9.17, 15) is 10.1 Å². The zero-order valence-corrected chi connectivity index (χ0v) is 11.2. The molecule has 0 aromatic heterocycles. The minimum Gasteiger partial charge on any atom is -0.367 e. The Balaban J connectivity index is 2.10. The lowest BCUT2D eigenvalue weighted by Gasteiger charge is -2.33. The standard InChI is InChI=1S/C15H19N3O/c1-2-14(19)12-3-5-13(6-4-12)18-15(11-16)7-9-17-10-8-15/h3-6,17-18H,2,7-10H2,1H3. The Morgan fingerprint density at radius 3 is 2.53 bits per heavy atom. The number of Topliss-reactive ketones (excluding diaryl/α,β-unsaturated/α-hetero) is 1. The molecule has 100 valence electrons. The summed E-state index contributed by atoms with van der Waals surface area (Å²) in [4.78, 5) is 11.6. The number of hydrogen-bond acceptors (Lipinski definition) is 4. The van der Waals surface area contributed by atoms with Crippen molar-refractivity contribution in [2.45, 2.75) is 31.7 Å². The molecule has 0 saturated carbocycles. The number of rotatable bonds is 4. The van der Waals surface area contributed by atoms with Gasteiger partial charge < -0.3 is 10.6 Å². The number of piperidine rings is 1. The summed E-state index contributed by atoms with van der Waals surface area (Å²) in [5.74, 6) is 0.142. The Labute approximate surface area is 113 Å². The number of carbonyl (C=O) groups is 1. The van der Waals surface area contributed by atoms with Crippen molar-refractivity contribution < 1.29 is 4.79 Å². The fourth-order valence-corrected chi connectivity index (χ4v) is 2.34. The molecular weight excluding hydrogens is 238 g/mol. The van der Waals surface area contributed by atoms with Crippen molar-refractivity contribution in [1.29, 1.82) is 5.26 Å². The van der Waals surface area contributed by atoms with Crippen LogP contribution in [0.3, 0.4) is 0 Å². The maximum Gasteiger partial charge on any atom is 0.162 e. The molecule has 1 aliphatic heterocycles. The molecule has 19 heavy (non-hydrogen) atoms. The van der Waals surface area contributed by atoms with Gasteiger partial charge in [-0.3, -0.25) is 4.79 Å². The fraction of sp³-hybridized carbons (Fsp3) is 0.467. The van der Waals surface area contributed by atoms with Crippen LogP contribution >= 0.6 is 0 Å². The van der Waals surface area contributed by atoms with Gasteiger partial charge in [-0.15, -0.1) is 0 Å². The maximum absolute atomic E-state index is 11.6. The molecule has 4 nitrogen and oxygen atoms in total. The molecular formula is C15H19N3O. The largest absolute Gasteiger partial charge is 0.367 e. The van der Waals surface area contributed by atoms with Gasteiger partial charge in [0.05, 0.1) is 6.07 Å². The van der Waals surface area contributed by atoms with Crippen molar-refractivity contribution in [1.82, 2.24) is 5.32 Å². The first-order valence-corrected chi connectivity index (χ1v) is 6.72. The third-order valence-corrected chi connectivity index (χ3v) is 3.58. The summed E-state index contributed by atoms with van der Waals surface area (Å²) in [7, 11) is 0. The lowest BCUT2D eigenvalue weighted by Crippen LogP contribution is -2.46. The molecule has 1 saturated heterocycles. The number of nitrogens with zero attached hydrogens (tertiary/aromatic N) is 1. The van der Waals surface area contributed by atoms with Crippen molar-refractivity contribution in [3.8, 4) is 6.07 Å². The van der Waals surface area contributed by atoms with Gasteiger partial charge in [0.15, 0.2) is 5.78 Å². The zero-order chi connectivity index (χ0) is 13.7. The Morgan fingerprint density at radius 1 is 1.37 bits per heavy atom. The van der Waals surface area contributed by atoms with E-state index in [2.05, 4.69) is 16.7 Å². The second-order valence-corrected chi connectivity index (χ2v) is 4.92. The van der Waals surface area contributed by atoms with Crippen molar-refractivity contribution in [2.75, 3.05) is 18.4 Å². The first-order chi connectivity index (χ1) is 9.19. The second kappa shape index (κ2) is 5.85. The van der Waals surface area contributed by atoms with Gasteiger partial charge in [-0.25, -0.2) is 0 Å². The van der Waals surface area contributed by atoms with Crippen LogP contribution < -0.4 is 10.6 Å². The molecule has 0 radical (unpaired) electrons. The van der Waals surface area contributed by atoms with E-state index >= 15 is 0 Å². The summed E-state index contributed by atoms with van der Waals surface area (Å²) in [5.41, 5.74) is 1.14. The summed E-state index contributed by atoms with van der Waals surface area (Å²) in [5, 5.41) is 16.0. The number of nitriles is 1. The van der Waals surface area contributed by atoms with Crippen LogP contribution in [0.25, 0.3) is 0 Å². The topological polar surface area (TPSA) is 64.9 Å². The van der Waals surface area contributed by atoms with E-state index in [1.165, 1.54) is 0 Å². The summed E-state index contributed by atoms with van der Waals surface area (Å²) in [6.07, 6.45) is 2.10. The van der Waals surface area contributed by atoms with Gasteiger partial charge >= 0.3 is 0 Å². The normalized spacial score (nSPS) is 17.5. The Hall–Kier alpha value is -1.86. The van der Waals surface area contributed by atoms with E-state index in [1.807, 2.05) is 31.2 Å². The van der Waals surface area contributed by atoms with E-state index in [-0.39, 0.29) is 5.78 Å². The molecule has 0 unspecified atom stereocenters. The molecule has 0 atom stereocenters. The van der Waals surface area contributed by atoms with E-state index in [4.69, 9.17) is 0 Å². The van der Waals surface area contributed by atoms with Crippen LogP contribution in [-0.2, 0) is 0 Å². The molecule has 1 aromatic carbocycles. The molecule has 1 aromatic rings. The first kappa shape index (κ1) is 13.6. The van der Waals surface area contributed by atoms with Crippen molar-refractivity contribution >= 4 is 11.5 Å². The third kappa shape index (κ3) is 3.12. The van der Waals surface area contributed by atoms with Crippen LogP contribution in [0.1, 0.15) is 36.5 Å². The quantitative estimate of drug-likeness (QED) is 0.813. The Bertz CT molecular complexity index is 481. The monoisotopic (exact) mass is 257 g/mol. The summed E-state index contributed by atoms with van der Waals surface area (Å²) >= 11 is 0. The van der Waals surface area contributed by atoms with Crippen molar-refractivity contribution in [3.05, 3.63) is 29.8 Å². The first-order valence-electron chi connectivity index (χ1n) is 6.72. The minimum absolute atomic E-state index is 0.142. The maximum atomic E-state index is 11.6. The number of nitrogens with one attached hydrogen (secondary N) is 2. The number of benzene rings is 1. The van der Waals surface area contributed by atoms with Gasteiger partial charge in [0.25, 0.3) is 0 Å². The predicted molar refractivity (Wildman–Crippen MR) is 75.1 cm³/mol. The summed E-state index contributed by atoms with van der Waals surface area (Å²) in [6, 6.07) is 9.79. The highest BCUT2D eigenvalue weighted by molar-refractivity contribution is 5.96. The molecule has 4 heteroatoms. The molecule has 0 aliphatic carbocycles. The number of ketones is 1. The number of anilines is 1. The van der Waals surface area contributed by atoms with Gasteiger partial charge in [-0.2, -0.15) is 5.26 Å². The van der Waals surface area contributed by atoms with E-state index < -0.39 is 5.54 Å². The minimum atomic E-state index is -0.485. The van der Waals surface area contributed by atoms with E-state index in [0.717, 1.165) is 37.2 Å². The summed E-state index contributed by atoms with van der Waals surface area (Å²) < 4.78 is 0. The van der Waals surface area contributed by atoms with Crippen LogP contribution in [0.4, 0.5) is 5.69 Å². The zero-order valence-electron chi connectivity index (χ0n) is 11.2. The average molecular weight is 257 g/mol. The molecule has 0 bridgehead atoms. The molecule has 1 heterocycles. The van der Waals surface area contributed by atoms with Crippen LogP contribution in [-0.4, -0.2) is 24.4 Å². The Kier molecular flexibility index (Phi) is 4.18. The average Bonchev–Trinajstić information content (AvgIpc) is 2.48. The highest BCUT2D eigenvalue weighted by atomic mass is 16.1. The fourth-order valence-electron chi connectivity index (χ4n) is 2.34. The smallest absolute Gasteiger partial charge is 0.162 e. The number of hydrogen-bond donors (Lipinski definition) is 2. The molecule has 1 aliphatic rings. The highest BCUT2D eigenvalue weighted by Gasteiger charge is 2.31. The highest BCUT2D eigenvalue weighted by Crippen LogP contribution is 2.24. The van der Waals surface area contributed by atoms with Gasteiger partial charge in [-0.1, -0.05) is 6.92 Å². The third-order valence-electron chi connectivity index (χ3n) is 3.58. The molecule has 0 amide bonds. The van der Waals surface area contributed by atoms with Gasteiger partial charge in [0.2, 0.25) is 0 Å². The Morgan fingerprint density at radius 2 is 2.00 bits per heavy atom. The van der Waals surface area contributed by atoms with E-state index in [1.54, 1.807) is 0 Å². The van der Waals surface area contributed by atoms with Crippen LogP contribution in [0.15, 0.2) is 24.3 Å². The van der Waals surface area contributed by atoms with Crippen molar-refractivity contribution in [3.63, 3.8) is 0 Å². The SMILES string of the molecule is CCC(=O)c1ccc(NC2(C#N)CCNCC2)cc1. The van der Waals surface area contributed by atoms with Crippen LogP contribution in [0, 0.1) is 11.3 Å². The van der Waals surface area contributed by atoms with Crippen molar-refractivity contribution in [2.24, 2.45) is 0 Å². The molecule has 0 spiro atoms. The number of carbonyl (C=O) groups excluding carboxylic acids is 1. The van der Waals surface area contributed by atoms with Crippen LogP contribution in [0.2, 0.25) is 0 Å². The molecule has 2 N–H and O–H groups in total. The summed E-state index contributed by atoms with van der Waals surface area (Å²) in [6.45, 7) is 3.56. The van der Waals surface area contributed by atoms with Crippen LogP contribution in [0.5, 0.6) is 0 Å². The lowest BCUT2D eigenvalue weighted by molar-refractivity contribution is 0.0988. The van der Waals surface area contributed by atoms with Gasteiger partial charge in [0, 0.05) is 17.7 Å². The van der Waals surface area contributed by atoms with Gasteiger partial charge in [-0.05, 0) is 50.2 Å². The molecule has 2 rings (SSSR count). The predicted octanol–water partition coefficient (Wildman–Crippen LogP) is 2.34.